The van der Waals surface area contributed by atoms with Crippen LogP contribution in [0.4, 0.5) is 0 Å². The number of nitrogens with zero attached hydrogens (tertiary/aromatic N) is 5. The van der Waals surface area contributed by atoms with Gasteiger partial charge in [0.1, 0.15) is 6.04 Å². The van der Waals surface area contributed by atoms with Crippen LogP contribution >= 0.6 is 0 Å². The van der Waals surface area contributed by atoms with Crippen LogP contribution in [0.1, 0.15) is 59.1 Å². The molecule has 9 heteroatoms. The largest absolute Gasteiger partial charge is 0.309 e. The molecule has 9 nitrogen and oxygen atoms in total. The first-order chi connectivity index (χ1) is 17.7. The molecule has 1 aromatic heterocycles. The van der Waals surface area contributed by atoms with Crippen molar-refractivity contribution in [3.8, 4) is 0 Å². The maximum atomic E-state index is 13.9. The molecule has 200 valence electrons. The Labute approximate surface area is 219 Å². The second-order valence-electron chi connectivity index (χ2n) is 11.1. The van der Waals surface area contributed by atoms with Crippen LogP contribution in [0, 0.1) is 11.8 Å². The highest BCUT2D eigenvalue weighted by molar-refractivity contribution is 5.97. The molecule has 0 aliphatic carbocycles. The molecule has 3 amide bonds. The van der Waals surface area contributed by atoms with Crippen LogP contribution in [-0.4, -0.2) is 80.8 Å². The Balaban J connectivity index is 1.75. The number of hydrogen-bond donors (Lipinski definition) is 0. The van der Waals surface area contributed by atoms with E-state index in [1.165, 1.54) is 16.0 Å². The van der Waals surface area contributed by atoms with E-state index in [-0.39, 0.29) is 29.7 Å². The summed E-state index contributed by atoms with van der Waals surface area (Å²) in [6.45, 7) is 9.81. The summed E-state index contributed by atoms with van der Waals surface area (Å²) in [4.78, 5) is 56.9. The highest BCUT2D eigenvalue weighted by Crippen LogP contribution is 2.35. The number of likely N-dealkylation sites (N-methyl/N-ethyl adjacent to an activating group) is 1. The average Bonchev–Trinajstić information content (AvgIpc) is 2.85. The number of carbonyl (C=O) groups excluding carboxylic acids is 3. The van der Waals surface area contributed by atoms with Gasteiger partial charge in [0.25, 0.3) is 11.8 Å². The molecule has 4 heterocycles. The fourth-order valence-corrected chi connectivity index (χ4v) is 5.23. The zero-order chi connectivity index (χ0) is 26.7. The Bertz CT molecular complexity index is 1050. The zero-order valence-corrected chi connectivity index (χ0v) is 22.5. The van der Waals surface area contributed by atoms with E-state index < -0.39 is 18.1 Å². The van der Waals surface area contributed by atoms with Gasteiger partial charge in [0.05, 0.1) is 11.9 Å². The maximum Gasteiger partial charge on any atom is 0.276 e. The van der Waals surface area contributed by atoms with Gasteiger partial charge in [-0.3, -0.25) is 29.1 Å². The summed E-state index contributed by atoms with van der Waals surface area (Å²) in [6, 6.07) is 4.74. The first-order valence-electron chi connectivity index (χ1n) is 13.3. The van der Waals surface area contributed by atoms with E-state index in [9.17, 15) is 14.4 Å². The second-order valence-corrected chi connectivity index (χ2v) is 11.1. The Hall–Kier alpha value is -3.04. The Morgan fingerprint density at radius 2 is 1.89 bits per heavy atom. The minimum absolute atomic E-state index is 0.0277. The molecule has 4 rings (SSSR count). The Morgan fingerprint density at radius 1 is 1.14 bits per heavy atom. The van der Waals surface area contributed by atoms with E-state index in [1.807, 2.05) is 46.9 Å². The predicted octanol–water partition coefficient (Wildman–Crippen LogP) is 3.26. The minimum atomic E-state index is -0.848. The van der Waals surface area contributed by atoms with E-state index in [1.54, 1.807) is 29.4 Å². The SMILES string of the molecule is CC(C)C[C@H]1ON(C(=O)/C=C/c2ccccn2)C2=CN(C3CCCN(C)C3)C(=O)[C@H](CC(C)C)N2C1=O. The number of hydrogen-bond acceptors (Lipinski definition) is 6. The fourth-order valence-electron chi connectivity index (χ4n) is 5.23. The third-order valence-electron chi connectivity index (χ3n) is 6.96. The quantitative estimate of drug-likeness (QED) is 0.525. The molecule has 1 aromatic rings. The molecule has 0 saturated carbocycles. The molecule has 3 atom stereocenters. The monoisotopic (exact) mass is 509 g/mol. The number of rotatable bonds is 7. The van der Waals surface area contributed by atoms with Gasteiger partial charge >= 0.3 is 0 Å². The van der Waals surface area contributed by atoms with Crippen LogP contribution in [0.3, 0.4) is 0 Å². The first-order valence-corrected chi connectivity index (χ1v) is 13.3. The molecule has 0 aromatic carbocycles. The summed E-state index contributed by atoms with van der Waals surface area (Å²) in [7, 11) is 2.05. The van der Waals surface area contributed by atoms with Crippen molar-refractivity contribution in [1.82, 2.24) is 24.7 Å². The topological polar surface area (TPSA) is 86.3 Å². The lowest BCUT2D eigenvalue weighted by Crippen LogP contribution is -2.65. The number of carbonyl (C=O) groups is 3. The van der Waals surface area contributed by atoms with Crippen molar-refractivity contribution in [3.63, 3.8) is 0 Å². The number of piperidine rings is 1. The number of fused-ring (bicyclic) bond motifs is 1. The molecule has 2 fully saturated rings. The fraction of sp³-hybridized carbons (Fsp3) is 0.571. The zero-order valence-electron chi connectivity index (χ0n) is 22.5. The second kappa shape index (κ2) is 11.6. The van der Waals surface area contributed by atoms with Crippen LogP contribution in [0.15, 0.2) is 42.5 Å². The summed E-state index contributed by atoms with van der Waals surface area (Å²) in [5.41, 5.74) is 0.636. The minimum Gasteiger partial charge on any atom is -0.309 e. The molecule has 0 spiro atoms. The standard InChI is InChI=1S/C28H39N5O4/c1-19(2)15-23-27(35)31(22-10-8-14-30(5)17-22)18-25-32(23)28(36)24(16-20(3)4)37-33(25)26(34)12-11-21-9-6-7-13-29-21/h6-7,9,11-13,18-20,22-24H,8,10,14-17H2,1-5H3/b12-11+/t22?,23-,24+/m0/s1. The van der Waals surface area contributed by atoms with Crippen LogP contribution < -0.4 is 0 Å². The Morgan fingerprint density at radius 3 is 2.54 bits per heavy atom. The summed E-state index contributed by atoms with van der Waals surface area (Å²) in [5, 5.41) is 1.20. The molecule has 0 N–H and O–H groups in total. The smallest absolute Gasteiger partial charge is 0.276 e. The molecular formula is C28H39N5O4. The highest BCUT2D eigenvalue weighted by atomic mass is 16.7. The lowest BCUT2D eigenvalue weighted by molar-refractivity contribution is -0.226. The molecule has 3 aliphatic rings. The van der Waals surface area contributed by atoms with Crippen molar-refractivity contribution in [2.45, 2.75) is 71.6 Å². The van der Waals surface area contributed by atoms with E-state index >= 15 is 0 Å². The normalized spacial score (nSPS) is 25.3. The number of aromatic nitrogens is 1. The van der Waals surface area contributed by atoms with Gasteiger partial charge in [-0.2, -0.15) is 5.06 Å². The first kappa shape index (κ1) is 27.0. The molecular weight excluding hydrogens is 470 g/mol. The molecule has 3 aliphatic heterocycles. The van der Waals surface area contributed by atoms with Gasteiger partial charge in [-0.1, -0.05) is 33.8 Å². The van der Waals surface area contributed by atoms with Gasteiger partial charge in [-0.05, 0) is 69.3 Å². The van der Waals surface area contributed by atoms with Crippen molar-refractivity contribution in [2.24, 2.45) is 11.8 Å². The van der Waals surface area contributed by atoms with E-state index in [0.717, 1.165) is 25.9 Å². The molecule has 2 saturated heterocycles. The maximum absolute atomic E-state index is 13.9. The number of hydroxylamine groups is 2. The van der Waals surface area contributed by atoms with Crippen LogP contribution in [0.2, 0.25) is 0 Å². The average molecular weight is 510 g/mol. The van der Waals surface area contributed by atoms with Crippen molar-refractivity contribution < 1.29 is 19.2 Å². The van der Waals surface area contributed by atoms with Gasteiger partial charge < -0.3 is 9.80 Å². The van der Waals surface area contributed by atoms with Gasteiger partial charge in [-0.25, -0.2) is 0 Å². The summed E-state index contributed by atoms with van der Waals surface area (Å²) in [5.74, 6) is -0.138. The summed E-state index contributed by atoms with van der Waals surface area (Å²) in [6.07, 6.45) is 8.27. The van der Waals surface area contributed by atoms with Crippen molar-refractivity contribution in [3.05, 3.63) is 48.2 Å². The van der Waals surface area contributed by atoms with Crippen molar-refractivity contribution in [1.29, 1.82) is 0 Å². The van der Waals surface area contributed by atoms with Gasteiger partial charge in [0.2, 0.25) is 5.91 Å². The van der Waals surface area contributed by atoms with E-state index in [4.69, 9.17) is 4.84 Å². The molecule has 0 bridgehead atoms. The van der Waals surface area contributed by atoms with E-state index in [2.05, 4.69) is 9.88 Å². The number of likely N-dealkylation sites (tertiary alicyclic amines) is 1. The summed E-state index contributed by atoms with van der Waals surface area (Å²) >= 11 is 0. The molecule has 37 heavy (non-hydrogen) atoms. The van der Waals surface area contributed by atoms with Crippen LogP contribution in [0.5, 0.6) is 0 Å². The van der Waals surface area contributed by atoms with Gasteiger partial charge in [-0.15, -0.1) is 0 Å². The highest BCUT2D eigenvalue weighted by Gasteiger charge is 2.50. The molecule has 0 radical (unpaired) electrons. The number of amides is 3. The lowest BCUT2D eigenvalue weighted by atomic mass is 9.95. The summed E-state index contributed by atoms with van der Waals surface area (Å²) < 4.78 is 0. The van der Waals surface area contributed by atoms with Gasteiger partial charge in [0.15, 0.2) is 11.9 Å². The van der Waals surface area contributed by atoms with Gasteiger partial charge in [0, 0.05) is 24.9 Å². The predicted molar refractivity (Wildman–Crippen MR) is 140 cm³/mol. The Kier molecular flexibility index (Phi) is 8.44. The van der Waals surface area contributed by atoms with Crippen LogP contribution in [-0.2, 0) is 19.2 Å². The number of pyridine rings is 1. The van der Waals surface area contributed by atoms with Crippen molar-refractivity contribution in [2.75, 3.05) is 20.1 Å². The lowest BCUT2D eigenvalue weighted by Gasteiger charge is -2.49. The third kappa shape index (κ3) is 6.10. The van der Waals surface area contributed by atoms with E-state index in [0.29, 0.717) is 24.4 Å². The third-order valence-corrected chi connectivity index (χ3v) is 6.96. The van der Waals surface area contributed by atoms with Crippen LogP contribution in [0.25, 0.3) is 6.08 Å². The van der Waals surface area contributed by atoms with Crippen molar-refractivity contribution >= 4 is 23.8 Å². The molecule has 1 unspecified atom stereocenters.